The first-order valence-electron chi connectivity index (χ1n) is 6.29. The van der Waals surface area contributed by atoms with Crippen LogP contribution in [0.15, 0.2) is 35.0 Å². The minimum atomic E-state index is 0.0210. The Labute approximate surface area is 121 Å². The number of amides is 1. The van der Waals surface area contributed by atoms with Gasteiger partial charge in [0.25, 0.3) is 0 Å². The van der Waals surface area contributed by atoms with Crippen molar-refractivity contribution in [3.05, 3.63) is 44.8 Å². The predicted molar refractivity (Wildman–Crippen MR) is 81.8 cm³/mol. The molecule has 0 saturated carbocycles. The van der Waals surface area contributed by atoms with Crippen molar-refractivity contribution in [1.29, 1.82) is 0 Å². The van der Waals surface area contributed by atoms with Crippen molar-refractivity contribution < 1.29 is 4.79 Å². The van der Waals surface area contributed by atoms with E-state index in [0.29, 0.717) is 12.6 Å². The first-order chi connectivity index (χ1) is 9.25. The second-order valence-corrected chi connectivity index (χ2v) is 6.30. The van der Waals surface area contributed by atoms with Crippen LogP contribution >= 0.6 is 22.7 Å². The van der Waals surface area contributed by atoms with E-state index in [0.717, 1.165) is 13.0 Å². The lowest BCUT2D eigenvalue weighted by Crippen LogP contribution is -2.32. The van der Waals surface area contributed by atoms with E-state index in [4.69, 9.17) is 0 Å². The van der Waals surface area contributed by atoms with Gasteiger partial charge in [-0.1, -0.05) is 12.1 Å². The molecule has 102 valence electrons. The fourth-order valence-corrected chi connectivity index (χ4v) is 3.43. The summed E-state index contributed by atoms with van der Waals surface area (Å²) in [5.74, 6) is 0.0210. The maximum Gasteiger partial charge on any atom is 0.216 e. The van der Waals surface area contributed by atoms with Gasteiger partial charge in [0.15, 0.2) is 0 Å². The number of carbonyl (C=O) groups excluding carboxylic acids is 1. The largest absolute Gasteiger partial charge is 0.355 e. The Bertz CT molecular complexity index is 480. The van der Waals surface area contributed by atoms with Crippen LogP contribution in [0.3, 0.4) is 0 Å². The topological polar surface area (TPSA) is 41.1 Å². The van der Waals surface area contributed by atoms with Crippen LogP contribution < -0.4 is 10.6 Å². The first-order valence-corrected chi connectivity index (χ1v) is 8.05. The molecule has 2 aromatic heterocycles. The van der Waals surface area contributed by atoms with Gasteiger partial charge in [0.05, 0.1) is 0 Å². The molecule has 5 heteroatoms. The molecular formula is C14H18N2OS2. The van der Waals surface area contributed by atoms with Gasteiger partial charge in [-0.25, -0.2) is 0 Å². The molecule has 0 spiro atoms. The van der Waals surface area contributed by atoms with E-state index in [9.17, 15) is 4.79 Å². The Morgan fingerprint density at radius 1 is 1.21 bits per heavy atom. The van der Waals surface area contributed by atoms with Crippen LogP contribution in [0.4, 0.5) is 0 Å². The third kappa shape index (κ3) is 4.78. The van der Waals surface area contributed by atoms with Crippen molar-refractivity contribution in [2.24, 2.45) is 0 Å². The lowest BCUT2D eigenvalue weighted by atomic mass is 10.1. The zero-order chi connectivity index (χ0) is 13.5. The maximum absolute atomic E-state index is 10.8. The van der Waals surface area contributed by atoms with Gasteiger partial charge in [-0.05, 0) is 22.9 Å². The molecule has 0 aliphatic rings. The van der Waals surface area contributed by atoms with Crippen LogP contribution in [0.25, 0.3) is 0 Å². The molecule has 0 aromatic carbocycles. The van der Waals surface area contributed by atoms with E-state index >= 15 is 0 Å². The Morgan fingerprint density at radius 3 is 2.63 bits per heavy atom. The molecule has 1 atom stereocenters. The van der Waals surface area contributed by atoms with Gasteiger partial charge in [-0.15, -0.1) is 22.7 Å². The molecule has 0 aliphatic carbocycles. The van der Waals surface area contributed by atoms with Gasteiger partial charge < -0.3 is 10.6 Å². The average molecular weight is 294 g/mol. The molecule has 0 radical (unpaired) electrons. The van der Waals surface area contributed by atoms with E-state index in [1.165, 1.54) is 9.75 Å². The molecule has 2 rings (SSSR count). The van der Waals surface area contributed by atoms with Crippen molar-refractivity contribution in [1.82, 2.24) is 10.6 Å². The minimum Gasteiger partial charge on any atom is -0.355 e. The van der Waals surface area contributed by atoms with Gasteiger partial charge in [-0.3, -0.25) is 4.79 Å². The van der Waals surface area contributed by atoms with E-state index in [2.05, 4.69) is 45.7 Å². The van der Waals surface area contributed by atoms with Crippen molar-refractivity contribution >= 4 is 28.6 Å². The third-order valence-corrected chi connectivity index (χ3v) is 4.65. The summed E-state index contributed by atoms with van der Waals surface area (Å²) in [6.45, 7) is 3.00. The van der Waals surface area contributed by atoms with E-state index in [1.807, 2.05) is 0 Å². The SMILES string of the molecule is CC(=O)NCCNC(Cc1cccs1)c1cccs1. The van der Waals surface area contributed by atoms with Crippen LogP contribution in [0.1, 0.15) is 22.7 Å². The van der Waals surface area contributed by atoms with Crippen molar-refractivity contribution in [3.63, 3.8) is 0 Å². The highest BCUT2D eigenvalue weighted by atomic mass is 32.1. The number of thiophene rings is 2. The fourth-order valence-electron chi connectivity index (χ4n) is 1.88. The van der Waals surface area contributed by atoms with Crippen LogP contribution in [-0.2, 0) is 11.2 Å². The molecule has 2 N–H and O–H groups in total. The monoisotopic (exact) mass is 294 g/mol. The lowest BCUT2D eigenvalue weighted by molar-refractivity contribution is -0.118. The summed E-state index contributed by atoms with van der Waals surface area (Å²) >= 11 is 3.56. The highest BCUT2D eigenvalue weighted by Crippen LogP contribution is 2.24. The van der Waals surface area contributed by atoms with Crippen LogP contribution in [-0.4, -0.2) is 19.0 Å². The maximum atomic E-state index is 10.8. The Kier molecular flexibility index (Phi) is 5.57. The van der Waals surface area contributed by atoms with E-state index < -0.39 is 0 Å². The molecule has 19 heavy (non-hydrogen) atoms. The number of hydrogen-bond donors (Lipinski definition) is 2. The van der Waals surface area contributed by atoms with Gasteiger partial charge in [0.2, 0.25) is 5.91 Å². The third-order valence-electron chi connectivity index (χ3n) is 2.76. The van der Waals surface area contributed by atoms with Crippen LogP contribution in [0.5, 0.6) is 0 Å². The molecule has 0 bridgehead atoms. The Balaban J connectivity index is 1.89. The quantitative estimate of drug-likeness (QED) is 0.771. The number of nitrogens with one attached hydrogen (secondary N) is 2. The molecule has 1 unspecified atom stereocenters. The highest BCUT2D eigenvalue weighted by molar-refractivity contribution is 7.10. The standard InChI is InChI=1S/C14H18N2OS2/c1-11(17)15-6-7-16-13(14-5-3-9-19-14)10-12-4-2-8-18-12/h2-5,8-9,13,16H,6-7,10H2,1H3,(H,15,17). The molecule has 3 nitrogen and oxygen atoms in total. The molecule has 2 heterocycles. The molecular weight excluding hydrogens is 276 g/mol. The molecule has 2 aromatic rings. The summed E-state index contributed by atoms with van der Waals surface area (Å²) in [7, 11) is 0. The van der Waals surface area contributed by atoms with E-state index in [1.54, 1.807) is 29.6 Å². The first kappa shape index (κ1) is 14.2. The van der Waals surface area contributed by atoms with Crippen LogP contribution in [0.2, 0.25) is 0 Å². The van der Waals surface area contributed by atoms with Gasteiger partial charge in [-0.2, -0.15) is 0 Å². The smallest absolute Gasteiger partial charge is 0.216 e. The van der Waals surface area contributed by atoms with Gasteiger partial charge >= 0.3 is 0 Å². The van der Waals surface area contributed by atoms with E-state index in [-0.39, 0.29) is 5.91 Å². The fraction of sp³-hybridized carbons (Fsp3) is 0.357. The summed E-state index contributed by atoms with van der Waals surface area (Å²) in [5.41, 5.74) is 0. The number of rotatable bonds is 7. The normalized spacial score (nSPS) is 12.3. The highest BCUT2D eigenvalue weighted by Gasteiger charge is 2.13. The predicted octanol–water partition coefficient (Wildman–Crippen LogP) is 2.82. The minimum absolute atomic E-state index is 0.0210. The number of carbonyl (C=O) groups is 1. The molecule has 1 amide bonds. The Morgan fingerprint density at radius 2 is 2.00 bits per heavy atom. The van der Waals surface area contributed by atoms with Gasteiger partial charge in [0.1, 0.15) is 0 Å². The molecule has 0 fully saturated rings. The summed E-state index contributed by atoms with van der Waals surface area (Å²) in [4.78, 5) is 13.6. The average Bonchev–Trinajstić information content (AvgIpc) is 3.05. The second-order valence-electron chi connectivity index (χ2n) is 4.29. The lowest BCUT2D eigenvalue weighted by Gasteiger charge is -2.17. The summed E-state index contributed by atoms with van der Waals surface area (Å²) < 4.78 is 0. The Hall–Kier alpha value is -1.17. The summed E-state index contributed by atoms with van der Waals surface area (Å²) in [6, 6.07) is 8.82. The van der Waals surface area contributed by atoms with Crippen molar-refractivity contribution in [2.75, 3.05) is 13.1 Å². The summed E-state index contributed by atoms with van der Waals surface area (Å²) in [5, 5.41) is 10.5. The van der Waals surface area contributed by atoms with Gasteiger partial charge in [0, 0.05) is 42.2 Å². The molecule has 0 aliphatic heterocycles. The zero-order valence-electron chi connectivity index (χ0n) is 10.9. The zero-order valence-corrected chi connectivity index (χ0v) is 12.5. The van der Waals surface area contributed by atoms with Crippen molar-refractivity contribution in [3.8, 4) is 0 Å². The number of hydrogen-bond acceptors (Lipinski definition) is 4. The molecule has 0 saturated heterocycles. The second kappa shape index (κ2) is 7.43. The van der Waals surface area contributed by atoms with Crippen LogP contribution in [0, 0.1) is 0 Å². The summed E-state index contributed by atoms with van der Waals surface area (Å²) in [6.07, 6.45) is 0.998. The van der Waals surface area contributed by atoms with Crippen molar-refractivity contribution in [2.45, 2.75) is 19.4 Å².